The number of amides is 1. The van der Waals surface area contributed by atoms with Crippen LogP contribution in [0.5, 0.6) is 0 Å². The molecule has 116 valence electrons. The van der Waals surface area contributed by atoms with Crippen LogP contribution >= 0.6 is 0 Å². The van der Waals surface area contributed by atoms with E-state index in [0.717, 1.165) is 25.9 Å². The fourth-order valence-corrected chi connectivity index (χ4v) is 3.30. The Balaban J connectivity index is 1.83. The minimum Gasteiger partial charge on any atom is -0.354 e. The molecule has 0 radical (unpaired) electrons. The Morgan fingerprint density at radius 1 is 1.38 bits per heavy atom. The van der Waals surface area contributed by atoms with Gasteiger partial charge in [-0.1, -0.05) is 37.3 Å². The van der Waals surface area contributed by atoms with Gasteiger partial charge in [-0.3, -0.25) is 13.9 Å². The second-order valence-corrected chi connectivity index (χ2v) is 7.20. The van der Waals surface area contributed by atoms with E-state index in [1.165, 1.54) is 5.56 Å². The summed E-state index contributed by atoms with van der Waals surface area (Å²) >= 11 is 0. The second kappa shape index (κ2) is 8.29. The minimum atomic E-state index is -0.813. The van der Waals surface area contributed by atoms with Crippen LogP contribution in [0.3, 0.4) is 0 Å². The topological polar surface area (TPSA) is 49.4 Å². The standard InChI is InChI=1S/C16H24N2O2S/c1-2-21(20)12-10-17-16(19)15-9-6-11-18(15)13-14-7-4-3-5-8-14/h3-5,7-8,15H,2,6,9-13H2,1H3,(H,17,19)/t15-,21+/m1/s1. The van der Waals surface area contributed by atoms with Crippen LogP contribution in [0.15, 0.2) is 30.3 Å². The average molecular weight is 308 g/mol. The summed E-state index contributed by atoms with van der Waals surface area (Å²) in [6, 6.07) is 10.2. The van der Waals surface area contributed by atoms with Crippen molar-refractivity contribution in [1.29, 1.82) is 0 Å². The van der Waals surface area contributed by atoms with Gasteiger partial charge in [0.1, 0.15) is 0 Å². The van der Waals surface area contributed by atoms with Crippen LogP contribution in [0.2, 0.25) is 0 Å². The third kappa shape index (κ3) is 4.93. The van der Waals surface area contributed by atoms with E-state index in [0.29, 0.717) is 18.1 Å². The number of benzene rings is 1. The van der Waals surface area contributed by atoms with Gasteiger partial charge in [0.25, 0.3) is 0 Å². The monoisotopic (exact) mass is 308 g/mol. The smallest absolute Gasteiger partial charge is 0.237 e. The summed E-state index contributed by atoms with van der Waals surface area (Å²) in [6.07, 6.45) is 1.97. The Morgan fingerprint density at radius 3 is 2.86 bits per heavy atom. The van der Waals surface area contributed by atoms with Crippen molar-refractivity contribution in [2.24, 2.45) is 0 Å². The van der Waals surface area contributed by atoms with Gasteiger partial charge in [0.2, 0.25) is 5.91 Å². The van der Waals surface area contributed by atoms with Gasteiger partial charge < -0.3 is 5.32 Å². The molecule has 0 unspecified atom stereocenters. The first-order valence-electron chi connectivity index (χ1n) is 7.61. The van der Waals surface area contributed by atoms with Gasteiger partial charge in [0, 0.05) is 35.4 Å². The van der Waals surface area contributed by atoms with Crippen LogP contribution in [0.4, 0.5) is 0 Å². The fraction of sp³-hybridized carbons (Fsp3) is 0.562. The lowest BCUT2D eigenvalue weighted by atomic mass is 10.1. The van der Waals surface area contributed by atoms with Gasteiger partial charge in [0.05, 0.1) is 6.04 Å². The van der Waals surface area contributed by atoms with Gasteiger partial charge in [-0.2, -0.15) is 0 Å². The first kappa shape index (κ1) is 16.2. The molecule has 1 aromatic rings. The Hall–Kier alpha value is -1.20. The van der Waals surface area contributed by atoms with Crippen molar-refractivity contribution >= 4 is 16.7 Å². The zero-order valence-electron chi connectivity index (χ0n) is 12.6. The maximum atomic E-state index is 12.3. The molecule has 5 heteroatoms. The van der Waals surface area contributed by atoms with E-state index in [9.17, 15) is 9.00 Å². The molecule has 2 atom stereocenters. The van der Waals surface area contributed by atoms with E-state index in [1.807, 2.05) is 25.1 Å². The van der Waals surface area contributed by atoms with Crippen LogP contribution in [-0.4, -0.2) is 45.7 Å². The molecule has 0 spiro atoms. The van der Waals surface area contributed by atoms with E-state index < -0.39 is 10.8 Å². The number of carbonyl (C=O) groups excluding carboxylic acids is 1. The molecular weight excluding hydrogens is 284 g/mol. The lowest BCUT2D eigenvalue weighted by Gasteiger charge is -2.23. The maximum Gasteiger partial charge on any atom is 0.237 e. The lowest BCUT2D eigenvalue weighted by Crippen LogP contribution is -2.43. The van der Waals surface area contributed by atoms with Gasteiger partial charge >= 0.3 is 0 Å². The molecule has 1 heterocycles. The van der Waals surface area contributed by atoms with E-state index in [4.69, 9.17) is 0 Å². The third-order valence-electron chi connectivity index (χ3n) is 3.85. The summed E-state index contributed by atoms with van der Waals surface area (Å²) in [4.78, 5) is 14.5. The predicted octanol–water partition coefficient (Wildman–Crippen LogP) is 1.54. The highest BCUT2D eigenvalue weighted by molar-refractivity contribution is 7.84. The molecular formula is C16H24N2O2S. The van der Waals surface area contributed by atoms with E-state index in [1.54, 1.807) is 0 Å². The Kier molecular flexibility index (Phi) is 6.39. The summed E-state index contributed by atoms with van der Waals surface area (Å²) in [6.45, 7) is 4.19. The number of likely N-dealkylation sites (tertiary alicyclic amines) is 1. The van der Waals surface area contributed by atoms with E-state index >= 15 is 0 Å². The quantitative estimate of drug-likeness (QED) is 0.831. The van der Waals surface area contributed by atoms with Crippen LogP contribution < -0.4 is 5.32 Å². The Morgan fingerprint density at radius 2 is 2.14 bits per heavy atom. The zero-order valence-corrected chi connectivity index (χ0v) is 13.4. The Labute approximate surface area is 129 Å². The predicted molar refractivity (Wildman–Crippen MR) is 86.4 cm³/mol. The lowest BCUT2D eigenvalue weighted by molar-refractivity contribution is -0.125. The highest BCUT2D eigenvalue weighted by Crippen LogP contribution is 2.20. The second-order valence-electron chi connectivity index (χ2n) is 5.34. The molecule has 1 amide bonds. The molecule has 21 heavy (non-hydrogen) atoms. The summed E-state index contributed by atoms with van der Waals surface area (Å²) in [5, 5.41) is 2.93. The third-order valence-corrected chi connectivity index (χ3v) is 5.15. The molecule has 1 saturated heterocycles. The highest BCUT2D eigenvalue weighted by atomic mass is 32.2. The van der Waals surface area contributed by atoms with Gasteiger partial charge in [-0.05, 0) is 24.9 Å². The molecule has 0 aromatic heterocycles. The summed E-state index contributed by atoms with van der Waals surface area (Å²) < 4.78 is 11.4. The van der Waals surface area contributed by atoms with Crippen LogP contribution in [0, 0.1) is 0 Å². The fourth-order valence-electron chi connectivity index (χ4n) is 2.68. The Bertz CT molecular complexity index is 478. The number of rotatable bonds is 7. The molecule has 1 fully saturated rings. The number of hydrogen-bond donors (Lipinski definition) is 1. The summed E-state index contributed by atoms with van der Waals surface area (Å²) in [7, 11) is -0.813. The maximum absolute atomic E-state index is 12.3. The van der Waals surface area contributed by atoms with Crippen molar-refractivity contribution in [3.05, 3.63) is 35.9 Å². The largest absolute Gasteiger partial charge is 0.354 e. The van der Waals surface area contributed by atoms with Crippen molar-refractivity contribution in [2.75, 3.05) is 24.6 Å². The van der Waals surface area contributed by atoms with Crippen molar-refractivity contribution in [1.82, 2.24) is 10.2 Å². The van der Waals surface area contributed by atoms with Crippen LogP contribution in [0.1, 0.15) is 25.3 Å². The van der Waals surface area contributed by atoms with Gasteiger partial charge in [-0.25, -0.2) is 0 Å². The molecule has 0 saturated carbocycles. The number of nitrogens with zero attached hydrogens (tertiary/aromatic N) is 1. The summed E-state index contributed by atoms with van der Waals surface area (Å²) in [5.74, 6) is 1.28. The van der Waals surface area contributed by atoms with Crippen molar-refractivity contribution in [3.8, 4) is 0 Å². The van der Waals surface area contributed by atoms with E-state index in [-0.39, 0.29) is 11.9 Å². The number of hydrogen-bond acceptors (Lipinski definition) is 3. The van der Waals surface area contributed by atoms with Crippen molar-refractivity contribution < 1.29 is 9.00 Å². The SMILES string of the molecule is CC[S@](=O)CCNC(=O)[C@H]1CCCN1Cc1ccccc1. The number of nitrogens with one attached hydrogen (secondary N) is 1. The first-order chi connectivity index (χ1) is 10.2. The highest BCUT2D eigenvalue weighted by Gasteiger charge is 2.30. The molecule has 0 aliphatic carbocycles. The average Bonchev–Trinajstić information content (AvgIpc) is 2.96. The van der Waals surface area contributed by atoms with Crippen molar-refractivity contribution in [3.63, 3.8) is 0 Å². The molecule has 1 aromatic carbocycles. The molecule has 0 bridgehead atoms. The first-order valence-corrected chi connectivity index (χ1v) is 9.10. The minimum absolute atomic E-state index is 0.0414. The van der Waals surface area contributed by atoms with Crippen LogP contribution in [0.25, 0.3) is 0 Å². The normalized spacial score (nSPS) is 20.3. The van der Waals surface area contributed by atoms with Crippen molar-refractivity contribution in [2.45, 2.75) is 32.4 Å². The molecule has 2 rings (SSSR count). The molecule has 1 aliphatic heterocycles. The van der Waals surface area contributed by atoms with Gasteiger partial charge in [0.15, 0.2) is 0 Å². The summed E-state index contributed by atoms with van der Waals surface area (Å²) in [5.41, 5.74) is 1.24. The molecule has 1 aliphatic rings. The molecule has 1 N–H and O–H groups in total. The zero-order chi connectivity index (χ0) is 15.1. The molecule has 4 nitrogen and oxygen atoms in total. The van der Waals surface area contributed by atoms with Crippen LogP contribution in [-0.2, 0) is 22.1 Å². The van der Waals surface area contributed by atoms with Gasteiger partial charge in [-0.15, -0.1) is 0 Å². The number of carbonyl (C=O) groups is 1. The van der Waals surface area contributed by atoms with E-state index in [2.05, 4.69) is 22.3 Å².